The average molecular weight is 302 g/mol. The van der Waals surface area contributed by atoms with Crippen LogP contribution in [0.1, 0.15) is 35.2 Å². The molecule has 2 unspecified atom stereocenters. The van der Waals surface area contributed by atoms with Gasteiger partial charge in [0.1, 0.15) is 11.9 Å². The van der Waals surface area contributed by atoms with Crippen LogP contribution in [0.4, 0.5) is 4.39 Å². The van der Waals surface area contributed by atoms with Gasteiger partial charge in [-0.05, 0) is 37.1 Å². The number of carbonyl (C=O) groups excluding carboxylic acids is 1. The van der Waals surface area contributed by atoms with E-state index >= 15 is 0 Å². The van der Waals surface area contributed by atoms with E-state index in [1.807, 2.05) is 19.3 Å². The minimum atomic E-state index is -0.466. The van der Waals surface area contributed by atoms with E-state index in [1.54, 1.807) is 24.0 Å². The highest BCUT2D eigenvalue weighted by Crippen LogP contribution is 2.33. The van der Waals surface area contributed by atoms with E-state index in [2.05, 4.69) is 15.7 Å². The second-order valence-corrected chi connectivity index (χ2v) is 5.58. The van der Waals surface area contributed by atoms with Gasteiger partial charge in [0.2, 0.25) is 5.91 Å². The van der Waals surface area contributed by atoms with Gasteiger partial charge in [-0.15, -0.1) is 0 Å². The van der Waals surface area contributed by atoms with Crippen LogP contribution in [-0.4, -0.2) is 22.7 Å². The Bertz CT molecular complexity index is 697. The van der Waals surface area contributed by atoms with Gasteiger partial charge in [-0.25, -0.2) is 4.39 Å². The summed E-state index contributed by atoms with van der Waals surface area (Å²) in [6, 6.07) is 4.44. The number of aryl methyl sites for hydroxylation is 1. The SMILES string of the molecule is CNC(C(=O)NC1CCc2c(F)cccc21)c1cnn(C)c1. The lowest BCUT2D eigenvalue weighted by atomic mass is 10.1. The summed E-state index contributed by atoms with van der Waals surface area (Å²) < 4.78 is 15.4. The van der Waals surface area contributed by atoms with Gasteiger partial charge in [-0.1, -0.05) is 12.1 Å². The lowest BCUT2D eigenvalue weighted by Gasteiger charge is -2.19. The third kappa shape index (κ3) is 2.62. The summed E-state index contributed by atoms with van der Waals surface area (Å²) in [5, 5.41) is 10.1. The molecule has 1 aromatic carbocycles. The number of nitrogens with one attached hydrogen (secondary N) is 2. The highest BCUT2D eigenvalue weighted by atomic mass is 19.1. The average Bonchev–Trinajstić information content (AvgIpc) is 3.08. The molecule has 0 radical (unpaired) electrons. The number of halogens is 1. The van der Waals surface area contributed by atoms with Gasteiger partial charge in [0.25, 0.3) is 0 Å². The van der Waals surface area contributed by atoms with E-state index in [-0.39, 0.29) is 17.8 Å². The van der Waals surface area contributed by atoms with Crippen LogP contribution >= 0.6 is 0 Å². The van der Waals surface area contributed by atoms with Gasteiger partial charge < -0.3 is 10.6 Å². The monoisotopic (exact) mass is 302 g/mol. The Morgan fingerprint density at radius 3 is 3.00 bits per heavy atom. The molecule has 2 aromatic rings. The van der Waals surface area contributed by atoms with Gasteiger partial charge in [-0.3, -0.25) is 9.48 Å². The second-order valence-electron chi connectivity index (χ2n) is 5.58. The number of amides is 1. The molecule has 5 nitrogen and oxygen atoms in total. The molecule has 1 amide bonds. The molecule has 0 saturated carbocycles. The van der Waals surface area contributed by atoms with Crippen LogP contribution in [0.3, 0.4) is 0 Å². The Morgan fingerprint density at radius 1 is 1.50 bits per heavy atom. The van der Waals surface area contributed by atoms with Gasteiger partial charge in [0.15, 0.2) is 0 Å². The van der Waals surface area contributed by atoms with Crippen LogP contribution in [0.15, 0.2) is 30.6 Å². The van der Waals surface area contributed by atoms with Crippen LogP contribution in [0.5, 0.6) is 0 Å². The minimum absolute atomic E-state index is 0.127. The normalized spacial score (nSPS) is 18.0. The predicted molar refractivity (Wildman–Crippen MR) is 80.6 cm³/mol. The van der Waals surface area contributed by atoms with E-state index < -0.39 is 6.04 Å². The molecule has 0 saturated heterocycles. The Kier molecular flexibility index (Phi) is 3.94. The molecule has 0 bridgehead atoms. The molecule has 1 aliphatic rings. The van der Waals surface area contributed by atoms with Crippen LogP contribution in [0.2, 0.25) is 0 Å². The van der Waals surface area contributed by atoms with Crippen LogP contribution in [-0.2, 0) is 18.3 Å². The summed E-state index contributed by atoms with van der Waals surface area (Å²) in [7, 11) is 3.55. The number of benzene rings is 1. The van der Waals surface area contributed by atoms with Crippen molar-refractivity contribution in [2.75, 3.05) is 7.05 Å². The summed E-state index contributed by atoms with van der Waals surface area (Å²) in [4.78, 5) is 12.5. The summed E-state index contributed by atoms with van der Waals surface area (Å²) in [5.74, 6) is -0.315. The Balaban J connectivity index is 1.77. The first-order valence-electron chi connectivity index (χ1n) is 7.33. The van der Waals surface area contributed by atoms with Gasteiger partial charge >= 0.3 is 0 Å². The zero-order valence-corrected chi connectivity index (χ0v) is 12.6. The number of fused-ring (bicyclic) bond motifs is 1. The number of likely N-dealkylation sites (N-methyl/N-ethyl adjacent to an activating group) is 1. The zero-order valence-electron chi connectivity index (χ0n) is 12.6. The molecule has 0 aliphatic heterocycles. The Hall–Kier alpha value is -2.21. The van der Waals surface area contributed by atoms with Crippen molar-refractivity contribution in [1.29, 1.82) is 0 Å². The maximum Gasteiger partial charge on any atom is 0.242 e. The van der Waals surface area contributed by atoms with Crippen LogP contribution in [0, 0.1) is 5.82 Å². The molecule has 6 heteroatoms. The second kappa shape index (κ2) is 5.88. The fraction of sp³-hybridized carbons (Fsp3) is 0.375. The van der Waals surface area contributed by atoms with E-state index in [1.165, 1.54) is 6.07 Å². The number of nitrogens with zero attached hydrogens (tertiary/aromatic N) is 2. The highest BCUT2D eigenvalue weighted by Gasteiger charge is 2.29. The number of rotatable bonds is 4. The molecule has 3 rings (SSSR count). The summed E-state index contributed by atoms with van der Waals surface area (Å²) in [6.07, 6.45) is 4.86. The largest absolute Gasteiger partial charge is 0.348 e. The Labute approximate surface area is 128 Å². The maximum absolute atomic E-state index is 13.8. The number of hydrogen-bond donors (Lipinski definition) is 2. The van der Waals surface area contributed by atoms with Crippen molar-refractivity contribution in [3.05, 3.63) is 53.1 Å². The quantitative estimate of drug-likeness (QED) is 0.902. The molecular weight excluding hydrogens is 283 g/mol. The fourth-order valence-electron chi connectivity index (χ4n) is 3.05. The maximum atomic E-state index is 13.8. The van der Waals surface area contributed by atoms with E-state index in [9.17, 15) is 9.18 Å². The third-order valence-electron chi connectivity index (χ3n) is 4.14. The van der Waals surface area contributed by atoms with Crippen molar-refractivity contribution in [1.82, 2.24) is 20.4 Å². The van der Waals surface area contributed by atoms with Gasteiger partial charge in [-0.2, -0.15) is 5.10 Å². The lowest BCUT2D eigenvalue weighted by molar-refractivity contribution is -0.123. The molecule has 22 heavy (non-hydrogen) atoms. The van der Waals surface area contributed by atoms with Crippen molar-refractivity contribution >= 4 is 5.91 Å². The number of carbonyl (C=O) groups is 1. The van der Waals surface area contributed by atoms with Crippen molar-refractivity contribution < 1.29 is 9.18 Å². The minimum Gasteiger partial charge on any atom is -0.348 e. The summed E-state index contributed by atoms with van der Waals surface area (Å²) >= 11 is 0. The molecule has 1 aromatic heterocycles. The van der Waals surface area contributed by atoms with Crippen molar-refractivity contribution in [2.24, 2.45) is 7.05 Å². The summed E-state index contributed by atoms with van der Waals surface area (Å²) in [6.45, 7) is 0. The topological polar surface area (TPSA) is 59.0 Å². The first kappa shape index (κ1) is 14.7. The van der Waals surface area contributed by atoms with E-state index in [0.717, 1.165) is 23.1 Å². The third-order valence-corrected chi connectivity index (χ3v) is 4.14. The first-order chi connectivity index (χ1) is 10.6. The van der Waals surface area contributed by atoms with Crippen molar-refractivity contribution in [2.45, 2.75) is 24.9 Å². The van der Waals surface area contributed by atoms with E-state index in [0.29, 0.717) is 6.42 Å². The number of hydrogen-bond acceptors (Lipinski definition) is 3. The molecule has 2 N–H and O–H groups in total. The molecule has 0 spiro atoms. The summed E-state index contributed by atoms with van der Waals surface area (Å²) in [5.41, 5.74) is 2.41. The first-order valence-corrected chi connectivity index (χ1v) is 7.33. The zero-order chi connectivity index (χ0) is 15.7. The van der Waals surface area contributed by atoms with E-state index in [4.69, 9.17) is 0 Å². The lowest BCUT2D eigenvalue weighted by Crippen LogP contribution is -2.37. The van der Waals surface area contributed by atoms with Crippen molar-refractivity contribution in [3.8, 4) is 0 Å². The molecular formula is C16H19FN4O. The molecule has 1 heterocycles. The van der Waals surface area contributed by atoms with Gasteiger partial charge in [0.05, 0.1) is 12.2 Å². The van der Waals surface area contributed by atoms with Gasteiger partial charge in [0, 0.05) is 18.8 Å². The van der Waals surface area contributed by atoms with Crippen LogP contribution in [0.25, 0.3) is 0 Å². The fourth-order valence-corrected chi connectivity index (χ4v) is 3.05. The van der Waals surface area contributed by atoms with Crippen LogP contribution < -0.4 is 10.6 Å². The molecule has 1 aliphatic carbocycles. The smallest absolute Gasteiger partial charge is 0.242 e. The standard InChI is InChI=1S/C16H19FN4O/c1-18-15(10-8-19-21(2)9-10)16(22)20-14-7-6-11-12(14)4-3-5-13(11)17/h3-5,8-9,14-15,18H,6-7H2,1-2H3,(H,20,22). The predicted octanol–water partition coefficient (Wildman–Crippen LogP) is 1.62. The Morgan fingerprint density at radius 2 is 2.32 bits per heavy atom. The molecule has 2 atom stereocenters. The molecule has 116 valence electrons. The molecule has 0 fully saturated rings. The number of aromatic nitrogens is 2. The highest BCUT2D eigenvalue weighted by molar-refractivity contribution is 5.83. The van der Waals surface area contributed by atoms with Crippen molar-refractivity contribution in [3.63, 3.8) is 0 Å².